The van der Waals surface area contributed by atoms with Crippen LogP contribution in [-0.4, -0.2) is 23.7 Å². The molecule has 2 aliphatic heterocycles. The van der Waals surface area contributed by atoms with Gasteiger partial charge >= 0.3 is 0 Å². The molecule has 0 radical (unpaired) electrons. The average molecular weight is 263 g/mol. The summed E-state index contributed by atoms with van der Waals surface area (Å²) in [7, 11) is 0. The van der Waals surface area contributed by atoms with Crippen LogP contribution >= 0.6 is 11.8 Å². The van der Waals surface area contributed by atoms with Crippen molar-refractivity contribution >= 4 is 29.0 Å². The number of ether oxygens (including phenoxy) is 2. The van der Waals surface area contributed by atoms with Crippen molar-refractivity contribution in [3.05, 3.63) is 29.3 Å². The fourth-order valence-electron chi connectivity index (χ4n) is 1.73. The van der Waals surface area contributed by atoms with E-state index >= 15 is 0 Å². The third-order valence-corrected chi connectivity index (χ3v) is 3.42. The second-order valence-electron chi connectivity index (χ2n) is 3.81. The van der Waals surface area contributed by atoms with Gasteiger partial charge in [-0.1, -0.05) is 17.8 Å². The van der Waals surface area contributed by atoms with E-state index in [1.165, 1.54) is 0 Å². The first kappa shape index (κ1) is 11.2. The van der Waals surface area contributed by atoms with Crippen LogP contribution in [-0.2, 0) is 4.79 Å². The number of fused-ring (bicyclic) bond motifs is 1. The Kier molecular flexibility index (Phi) is 2.71. The van der Waals surface area contributed by atoms with E-state index < -0.39 is 0 Å². The Balaban J connectivity index is 1.87. The summed E-state index contributed by atoms with van der Waals surface area (Å²) in [4.78, 5) is 22.6. The number of hydrogen-bond donors (Lipinski definition) is 1. The Labute approximate surface area is 107 Å². The molecule has 18 heavy (non-hydrogen) atoms. The number of benzene rings is 1. The van der Waals surface area contributed by atoms with E-state index in [0.717, 1.165) is 17.3 Å². The molecular formula is C12H9NO4S. The zero-order valence-corrected chi connectivity index (χ0v) is 10.1. The number of amides is 2. The lowest BCUT2D eigenvalue weighted by atomic mass is 10.1. The SMILES string of the molecule is O=C1NC(=O)/C(=C/c2ccc3c(c2)OCO3)CS1. The Morgan fingerprint density at radius 3 is 2.89 bits per heavy atom. The second kappa shape index (κ2) is 4.38. The molecule has 0 unspecified atom stereocenters. The lowest BCUT2D eigenvalue weighted by Gasteiger charge is -2.12. The average Bonchev–Trinajstić information content (AvgIpc) is 2.80. The Hall–Kier alpha value is -1.95. The van der Waals surface area contributed by atoms with Crippen molar-refractivity contribution in [1.29, 1.82) is 0 Å². The topological polar surface area (TPSA) is 64.6 Å². The lowest BCUT2D eigenvalue weighted by molar-refractivity contribution is -0.116. The van der Waals surface area contributed by atoms with Gasteiger partial charge in [0.2, 0.25) is 6.79 Å². The van der Waals surface area contributed by atoms with Gasteiger partial charge in [-0.05, 0) is 23.8 Å². The summed E-state index contributed by atoms with van der Waals surface area (Å²) in [5.74, 6) is 1.43. The standard InChI is InChI=1S/C12H9NO4S/c14-11-8(5-18-12(15)13-11)3-7-1-2-9-10(4-7)17-6-16-9/h1-4H,5-6H2,(H,13,14,15)/b8-3+. The maximum absolute atomic E-state index is 11.6. The molecule has 0 saturated carbocycles. The van der Waals surface area contributed by atoms with Crippen LogP contribution in [0.3, 0.4) is 0 Å². The predicted molar refractivity (Wildman–Crippen MR) is 66.5 cm³/mol. The molecule has 0 spiro atoms. The van der Waals surface area contributed by atoms with Gasteiger partial charge in [-0.15, -0.1) is 0 Å². The zero-order valence-electron chi connectivity index (χ0n) is 9.26. The molecule has 1 N–H and O–H groups in total. The molecule has 1 aromatic carbocycles. The van der Waals surface area contributed by atoms with Crippen LogP contribution < -0.4 is 14.8 Å². The lowest BCUT2D eigenvalue weighted by Crippen LogP contribution is -2.33. The largest absolute Gasteiger partial charge is 0.454 e. The minimum atomic E-state index is -0.337. The number of hydrogen-bond acceptors (Lipinski definition) is 5. The van der Waals surface area contributed by atoms with Crippen LogP contribution in [0.15, 0.2) is 23.8 Å². The molecule has 0 aliphatic carbocycles. The number of carbonyl (C=O) groups is 2. The first-order valence-electron chi connectivity index (χ1n) is 5.31. The van der Waals surface area contributed by atoms with E-state index in [0.29, 0.717) is 22.8 Å². The summed E-state index contributed by atoms with van der Waals surface area (Å²) in [5.41, 5.74) is 1.41. The van der Waals surface area contributed by atoms with Gasteiger partial charge in [0.15, 0.2) is 11.5 Å². The van der Waals surface area contributed by atoms with E-state index in [9.17, 15) is 9.59 Å². The molecule has 3 rings (SSSR count). The highest BCUT2D eigenvalue weighted by Crippen LogP contribution is 2.33. The van der Waals surface area contributed by atoms with Crippen molar-refractivity contribution in [1.82, 2.24) is 5.32 Å². The van der Waals surface area contributed by atoms with E-state index in [-0.39, 0.29) is 17.9 Å². The van der Waals surface area contributed by atoms with Crippen LogP contribution in [0, 0.1) is 0 Å². The maximum atomic E-state index is 11.6. The van der Waals surface area contributed by atoms with Crippen molar-refractivity contribution in [3.8, 4) is 11.5 Å². The number of imide groups is 1. The molecule has 2 heterocycles. The second-order valence-corrected chi connectivity index (χ2v) is 4.76. The van der Waals surface area contributed by atoms with E-state index in [4.69, 9.17) is 9.47 Å². The molecule has 2 amide bonds. The smallest absolute Gasteiger partial charge is 0.286 e. The first-order valence-corrected chi connectivity index (χ1v) is 6.29. The van der Waals surface area contributed by atoms with Crippen molar-refractivity contribution in [2.75, 3.05) is 12.5 Å². The van der Waals surface area contributed by atoms with Crippen molar-refractivity contribution in [3.63, 3.8) is 0 Å². The zero-order chi connectivity index (χ0) is 12.5. The monoisotopic (exact) mass is 263 g/mol. The molecule has 1 saturated heterocycles. The molecule has 0 atom stereocenters. The third-order valence-electron chi connectivity index (χ3n) is 2.60. The maximum Gasteiger partial charge on any atom is 0.286 e. The van der Waals surface area contributed by atoms with E-state index in [1.54, 1.807) is 12.1 Å². The first-order chi connectivity index (χ1) is 8.72. The molecule has 92 valence electrons. The summed E-state index contributed by atoms with van der Waals surface area (Å²) < 4.78 is 10.5. The Bertz CT molecular complexity index is 567. The third kappa shape index (κ3) is 2.06. The quantitative estimate of drug-likeness (QED) is 0.782. The fourth-order valence-corrected chi connectivity index (χ4v) is 2.40. The number of thioether (sulfide) groups is 1. The molecule has 0 aromatic heterocycles. The van der Waals surface area contributed by atoms with E-state index in [1.807, 2.05) is 12.1 Å². The van der Waals surface area contributed by atoms with Gasteiger partial charge in [0.1, 0.15) is 0 Å². The molecule has 6 heteroatoms. The number of carbonyl (C=O) groups excluding carboxylic acids is 2. The molecule has 2 aliphatic rings. The summed E-state index contributed by atoms with van der Waals surface area (Å²) >= 11 is 1.08. The highest BCUT2D eigenvalue weighted by atomic mass is 32.2. The summed E-state index contributed by atoms with van der Waals surface area (Å²) in [6.45, 7) is 0.222. The molecular weight excluding hydrogens is 254 g/mol. The van der Waals surface area contributed by atoms with Gasteiger partial charge in [-0.2, -0.15) is 0 Å². The fraction of sp³-hybridized carbons (Fsp3) is 0.167. The summed E-state index contributed by atoms with van der Waals surface area (Å²) in [6.07, 6.45) is 1.75. The van der Waals surface area contributed by atoms with Gasteiger partial charge in [-0.25, -0.2) is 0 Å². The Morgan fingerprint density at radius 1 is 1.22 bits per heavy atom. The van der Waals surface area contributed by atoms with Crippen LogP contribution in [0.1, 0.15) is 5.56 Å². The number of nitrogens with one attached hydrogen (secondary N) is 1. The molecule has 0 bridgehead atoms. The number of rotatable bonds is 1. The van der Waals surface area contributed by atoms with Crippen LogP contribution in [0.4, 0.5) is 4.79 Å². The van der Waals surface area contributed by atoms with Crippen molar-refractivity contribution in [2.24, 2.45) is 0 Å². The minimum absolute atomic E-state index is 0.222. The van der Waals surface area contributed by atoms with Gasteiger partial charge in [0, 0.05) is 11.3 Å². The minimum Gasteiger partial charge on any atom is -0.454 e. The van der Waals surface area contributed by atoms with Crippen LogP contribution in [0.5, 0.6) is 11.5 Å². The van der Waals surface area contributed by atoms with E-state index in [2.05, 4.69) is 5.32 Å². The van der Waals surface area contributed by atoms with Crippen molar-refractivity contribution in [2.45, 2.75) is 0 Å². The molecule has 5 nitrogen and oxygen atoms in total. The highest BCUT2D eigenvalue weighted by molar-refractivity contribution is 8.13. The van der Waals surface area contributed by atoms with Gasteiger partial charge in [-0.3, -0.25) is 14.9 Å². The summed E-state index contributed by atoms with van der Waals surface area (Å²) in [5, 5.41) is 1.96. The normalized spacial score (nSPS) is 20.1. The highest BCUT2D eigenvalue weighted by Gasteiger charge is 2.21. The molecule has 1 aromatic rings. The predicted octanol–water partition coefficient (Wildman–Crippen LogP) is 1.78. The summed E-state index contributed by atoms with van der Waals surface area (Å²) in [6, 6.07) is 5.45. The van der Waals surface area contributed by atoms with Crippen LogP contribution in [0.25, 0.3) is 6.08 Å². The Morgan fingerprint density at radius 2 is 2.06 bits per heavy atom. The van der Waals surface area contributed by atoms with Gasteiger partial charge in [0.05, 0.1) is 0 Å². The van der Waals surface area contributed by atoms with Crippen molar-refractivity contribution < 1.29 is 19.1 Å². The van der Waals surface area contributed by atoms with Gasteiger partial charge in [0.25, 0.3) is 11.1 Å². The molecule has 1 fully saturated rings. The van der Waals surface area contributed by atoms with Gasteiger partial charge < -0.3 is 9.47 Å². The van der Waals surface area contributed by atoms with Crippen LogP contribution in [0.2, 0.25) is 0 Å².